The molecular weight excluding hydrogens is 264 g/mol. The summed E-state index contributed by atoms with van der Waals surface area (Å²) in [4.78, 5) is 18.3. The highest BCUT2D eigenvalue weighted by molar-refractivity contribution is 5.75. The number of carbonyl (C=O) groups is 1. The summed E-state index contributed by atoms with van der Waals surface area (Å²) in [5.41, 5.74) is 2.21. The van der Waals surface area contributed by atoms with E-state index in [0.717, 1.165) is 31.6 Å². The Morgan fingerprint density at radius 1 is 1.43 bits per heavy atom. The number of nitrogens with one attached hydrogen (secondary N) is 1. The number of fused-ring (bicyclic) bond motifs is 1. The molecule has 0 radical (unpaired) electrons. The number of hydrogen-bond acceptors (Lipinski definition) is 2. The van der Waals surface area contributed by atoms with Crippen LogP contribution in [0.1, 0.15) is 19.8 Å². The molecule has 2 heterocycles. The summed E-state index contributed by atoms with van der Waals surface area (Å²) in [5.74, 6) is 0.499. The smallest absolute Gasteiger partial charge is 0.317 e. The maximum atomic E-state index is 12.0. The van der Waals surface area contributed by atoms with Gasteiger partial charge in [-0.25, -0.2) is 9.78 Å². The monoisotopic (exact) mass is 286 g/mol. The first-order chi connectivity index (χ1) is 10.3. The lowest BCUT2D eigenvalue weighted by molar-refractivity contribution is 0.160. The Hall–Kier alpha value is -2.04. The lowest BCUT2D eigenvalue weighted by Gasteiger charge is -2.33. The SMILES string of the molecule is CCNC(=O)N1CCC[C@H](Cn2cnc3ccccc32)C1. The van der Waals surface area contributed by atoms with E-state index in [1.165, 1.54) is 11.9 Å². The van der Waals surface area contributed by atoms with Crippen LogP contribution in [0.3, 0.4) is 0 Å². The second-order valence-corrected chi connectivity index (χ2v) is 5.68. The van der Waals surface area contributed by atoms with E-state index in [9.17, 15) is 4.79 Å². The summed E-state index contributed by atoms with van der Waals surface area (Å²) < 4.78 is 2.21. The van der Waals surface area contributed by atoms with E-state index in [4.69, 9.17) is 0 Å². The van der Waals surface area contributed by atoms with Crippen molar-refractivity contribution in [3.8, 4) is 0 Å². The maximum absolute atomic E-state index is 12.0. The van der Waals surface area contributed by atoms with Crippen molar-refractivity contribution in [3.63, 3.8) is 0 Å². The zero-order valence-electron chi connectivity index (χ0n) is 12.5. The summed E-state index contributed by atoms with van der Waals surface area (Å²) in [6.45, 7) is 5.27. The molecule has 0 bridgehead atoms. The van der Waals surface area contributed by atoms with Crippen molar-refractivity contribution >= 4 is 17.1 Å². The third kappa shape index (κ3) is 3.01. The molecule has 1 saturated heterocycles. The topological polar surface area (TPSA) is 50.2 Å². The van der Waals surface area contributed by atoms with E-state index < -0.39 is 0 Å². The van der Waals surface area contributed by atoms with Crippen LogP contribution in [0.15, 0.2) is 30.6 Å². The average molecular weight is 286 g/mol. The van der Waals surface area contributed by atoms with Crippen LogP contribution in [0.5, 0.6) is 0 Å². The van der Waals surface area contributed by atoms with Gasteiger partial charge in [0.15, 0.2) is 0 Å². The van der Waals surface area contributed by atoms with Gasteiger partial charge in [0.1, 0.15) is 0 Å². The van der Waals surface area contributed by atoms with Gasteiger partial charge in [-0.3, -0.25) is 0 Å². The van der Waals surface area contributed by atoms with Crippen LogP contribution in [0.25, 0.3) is 11.0 Å². The van der Waals surface area contributed by atoms with Crippen LogP contribution in [0, 0.1) is 5.92 Å². The van der Waals surface area contributed by atoms with Crippen LogP contribution in [0.4, 0.5) is 4.79 Å². The lowest BCUT2D eigenvalue weighted by Crippen LogP contribution is -2.46. The van der Waals surface area contributed by atoms with Crippen molar-refractivity contribution in [1.29, 1.82) is 0 Å². The number of nitrogens with zero attached hydrogens (tertiary/aromatic N) is 3. The molecule has 5 heteroatoms. The number of amides is 2. The molecule has 5 nitrogen and oxygen atoms in total. The van der Waals surface area contributed by atoms with Crippen LogP contribution in [-0.2, 0) is 6.54 Å². The summed E-state index contributed by atoms with van der Waals surface area (Å²) >= 11 is 0. The second-order valence-electron chi connectivity index (χ2n) is 5.68. The predicted molar refractivity (Wildman–Crippen MR) is 83.1 cm³/mol. The van der Waals surface area contributed by atoms with Crippen LogP contribution in [-0.4, -0.2) is 40.1 Å². The highest BCUT2D eigenvalue weighted by atomic mass is 16.2. The molecule has 2 amide bonds. The molecule has 1 fully saturated rings. The van der Waals surface area contributed by atoms with Gasteiger partial charge < -0.3 is 14.8 Å². The number of likely N-dealkylation sites (tertiary alicyclic amines) is 1. The highest BCUT2D eigenvalue weighted by Gasteiger charge is 2.23. The van der Waals surface area contributed by atoms with Gasteiger partial charge in [0.05, 0.1) is 17.4 Å². The quantitative estimate of drug-likeness (QED) is 0.942. The zero-order chi connectivity index (χ0) is 14.7. The van der Waals surface area contributed by atoms with Crippen molar-refractivity contribution in [2.24, 2.45) is 5.92 Å². The average Bonchev–Trinajstić information content (AvgIpc) is 2.91. The number of urea groups is 1. The lowest BCUT2D eigenvalue weighted by atomic mass is 9.98. The molecule has 0 aliphatic carbocycles. The summed E-state index contributed by atoms with van der Waals surface area (Å²) in [6.07, 6.45) is 4.16. The molecule has 3 rings (SSSR count). The first-order valence-electron chi connectivity index (χ1n) is 7.70. The van der Waals surface area contributed by atoms with Gasteiger partial charge >= 0.3 is 6.03 Å². The van der Waals surface area contributed by atoms with Crippen molar-refractivity contribution in [1.82, 2.24) is 19.8 Å². The molecule has 0 saturated carbocycles. The summed E-state index contributed by atoms with van der Waals surface area (Å²) in [6, 6.07) is 8.26. The minimum absolute atomic E-state index is 0.0673. The minimum atomic E-state index is 0.0673. The fraction of sp³-hybridized carbons (Fsp3) is 0.500. The molecule has 1 aromatic heterocycles. The van der Waals surface area contributed by atoms with Gasteiger partial charge in [0.25, 0.3) is 0 Å². The number of piperidine rings is 1. The highest BCUT2D eigenvalue weighted by Crippen LogP contribution is 2.21. The Balaban J connectivity index is 1.68. The molecule has 112 valence electrons. The Kier molecular flexibility index (Phi) is 4.08. The molecule has 1 aromatic carbocycles. The van der Waals surface area contributed by atoms with Gasteiger partial charge in [0.2, 0.25) is 0 Å². The van der Waals surface area contributed by atoms with E-state index in [1.807, 2.05) is 36.4 Å². The van der Waals surface area contributed by atoms with Gasteiger partial charge in [-0.15, -0.1) is 0 Å². The number of rotatable bonds is 3. The molecule has 1 atom stereocenters. The van der Waals surface area contributed by atoms with Gasteiger partial charge in [-0.1, -0.05) is 12.1 Å². The van der Waals surface area contributed by atoms with E-state index >= 15 is 0 Å². The van der Waals surface area contributed by atoms with Crippen LogP contribution >= 0.6 is 0 Å². The first kappa shape index (κ1) is 13.9. The minimum Gasteiger partial charge on any atom is -0.338 e. The Labute approximate surface area is 125 Å². The number of aromatic nitrogens is 2. The zero-order valence-corrected chi connectivity index (χ0v) is 12.5. The van der Waals surface area contributed by atoms with Crippen molar-refractivity contribution < 1.29 is 4.79 Å². The maximum Gasteiger partial charge on any atom is 0.317 e. The number of benzene rings is 1. The van der Waals surface area contributed by atoms with Gasteiger partial charge in [-0.2, -0.15) is 0 Å². The molecule has 2 aromatic rings. The first-order valence-corrected chi connectivity index (χ1v) is 7.70. The van der Waals surface area contributed by atoms with Crippen LogP contribution in [0.2, 0.25) is 0 Å². The van der Waals surface area contributed by atoms with Gasteiger partial charge in [-0.05, 0) is 37.8 Å². The molecule has 1 aliphatic rings. The third-order valence-electron chi connectivity index (χ3n) is 4.12. The van der Waals surface area contributed by atoms with Gasteiger partial charge in [0, 0.05) is 26.2 Å². The number of hydrogen-bond donors (Lipinski definition) is 1. The van der Waals surface area contributed by atoms with E-state index in [-0.39, 0.29) is 6.03 Å². The molecule has 0 spiro atoms. The van der Waals surface area contributed by atoms with Crippen molar-refractivity contribution in [3.05, 3.63) is 30.6 Å². The Bertz CT molecular complexity index is 622. The van der Waals surface area contributed by atoms with Crippen LogP contribution < -0.4 is 5.32 Å². The Morgan fingerprint density at radius 2 is 2.29 bits per heavy atom. The number of carbonyl (C=O) groups excluding carboxylic acids is 1. The Morgan fingerprint density at radius 3 is 3.14 bits per heavy atom. The normalized spacial score (nSPS) is 18.9. The van der Waals surface area contributed by atoms with Crippen molar-refractivity contribution in [2.45, 2.75) is 26.3 Å². The van der Waals surface area contributed by atoms with E-state index in [0.29, 0.717) is 12.5 Å². The summed E-state index contributed by atoms with van der Waals surface area (Å²) in [7, 11) is 0. The van der Waals surface area contributed by atoms with E-state index in [2.05, 4.69) is 20.9 Å². The largest absolute Gasteiger partial charge is 0.338 e. The fourth-order valence-corrected chi connectivity index (χ4v) is 3.10. The molecule has 0 unspecified atom stereocenters. The standard InChI is InChI=1S/C16H22N4O/c1-2-17-16(21)19-9-5-6-13(10-19)11-20-12-18-14-7-3-4-8-15(14)20/h3-4,7-8,12-13H,2,5-6,9-11H2,1H3,(H,17,21)/t13-/m0/s1. The molecular formula is C16H22N4O. The predicted octanol–water partition coefficient (Wildman–Crippen LogP) is 2.48. The molecule has 1 N–H and O–H groups in total. The molecule has 21 heavy (non-hydrogen) atoms. The van der Waals surface area contributed by atoms with E-state index in [1.54, 1.807) is 0 Å². The summed E-state index contributed by atoms with van der Waals surface area (Å²) in [5, 5.41) is 2.89. The fourth-order valence-electron chi connectivity index (χ4n) is 3.10. The number of imidazole rings is 1. The third-order valence-corrected chi connectivity index (χ3v) is 4.12. The second kappa shape index (κ2) is 6.16. The number of para-hydroxylation sites is 2. The molecule has 1 aliphatic heterocycles. The van der Waals surface area contributed by atoms with Crippen molar-refractivity contribution in [2.75, 3.05) is 19.6 Å².